The van der Waals surface area contributed by atoms with Gasteiger partial charge < -0.3 is 9.73 Å². The van der Waals surface area contributed by atoms with E-state index in [9.17, 15) is 10.1 Å². The summed E-state index contributed by atoms with van der Waals surface area (Å²) in [5, 5.41) is 13.9. The monoisotopic (exact) mass is 252 g/mol. The average molecular weight is 253 g/mol. The van der Waals surface area contributed by atoms with Crippen LogP contribution >= 0.6 is 11.6 Å². The topological polar surface area (TPSA) is 68.3 Å². The number of nitrogens with zero attached hydrogens (tertiary/aromatic N) is 1. The number of nitro groups is 1. The van der Waals surface area contributed by atoms with Crippen molar-refractivity contribution in [2.75, 3.05) is 5.32 Å². The Labute approximate surface area is 102 Å². The van der Waals surface area contributed by atoms with Gasteiger partial charge in [-0.2, -0.15) is 0 Å². The maximum absolute atomic E-state index is 10.5. The molecule has 0 aliphatic heterocycles. The Bertz CT molecular complexity index is 526. The number of anilines is 1. The van der Waals surface area contributed by atoms with Crippen LogP contribution in [0.5, 0.6) is 0 Å². The Hall–Kier alpha value is -2.01. The Morgan fingerprint density at radius 2 is 2.24 bits per heavy atom. The number of hydrogen-bond acceptors (Lipinski definition) is 4. The summed E-state index contributed by atoms with van der Waals surface area (Å²) in [5.74, 6) is 0. The molecule has 5 nitrogen and oxygen atoms in total. The molecule has 1 aromatic carbocycles. The average Bonchev–Trinajstić information content (AvgIpc) is 2.80. The van der Waals surface area contributed by atoms with Gasteiger partial charge in [-0.05, 0) is 12.1 Å². The Kier molecular flexibility index (Phi) is 3.30. The van der Waals surface area contributed by atoms with E-state index in [1.54, 1.807) is 18.6 Å². The molecule has 0 radical (unpaired) electrons. The number of rotatable bonds is 4. The van der Waals surface area contributed by atoms with Crippen molar-refractivity contribution in [3.8, 4) is 0 Å². The van der Waals surface area contributed by atoms with Gasteiger partial charge in [0.1, 0.15) is 0 Å². The van der Waals surface area contributed by atoms with Gasteiger partial charge >= 0.3 is 0 Å². The van der Waals surface area contributed by atoms with E-state index in [0.717, 1.165) is 5.56 Å². The zero-order valence-corrected chi connectivity index (χ0v) is 9.48. The summed E-state index contributed by atoms with van der Waals surface area (Å²) in [5.41, 5.74) is 1.60. The first-order chi connectivity index (χ1) is 8.16. The summed E-state index contributed by atoms with van der Waals surface area (Å²) >= 11 is 5.92. The highest BCUT2D eigenvalue weighted by atomic mass is 35.5. The van der Waals surface area contributed by atoms with Gasteiger partial charge in [0, 0.05) is 24.2 Å². The van der Waals surface area contributed by atoms with Gasteiger partial charge in [0.25, 0.3) is 5.69 Å². The van der Waals surface area contributed by atoms with Crippen molar-refractivity contribution in [3.63, 3.8) is 0 Å². The zero-order chi connectivity index (χ0) is 12.3. The van der Waals surface area contributed by atoms with E-state index in [0.29, 0.717) is 17.3 Å². The number of benzene rings is 1. The van der Waals surface area contributed by atoms with E-state index < -0.39 is 4.92 Å². The van der Waals surface area contributed by atoms with Crippen molar-refractivity contribution in [2.24, 2.45) is 0 Å². The molecule has 0 fully saturated rings. The predicted octanol–water partition coefficient (Wildman–Crippen LogP) is 3.45. The quantitative estimate of drug-likeness (QED) is 0.668. The van der Waals surface area contributed by atoms with E-state index in [4.69, 9.17) is 16.0 Å². The van der Waals surface area contributed by atoms with Crippen molar-refractivity contribution in [3.05, 3.63) is 57.5 Å². The van der Waals surface area contributed by atoms with Crippen molar-refractivity contribution >= 4 is 23.0 Å². The number of halogens is 1. The Balaban J connectivity index is 2.09. The highest BCUT2D eigenvalue weighted by molar-refractivity contribution is 6.33. The first-order valence-corrected chi connectivity index (χ1v) is 5.23. The smallest absolute Gasteiger partial charge is 0.271 e. The third-order valence-electron chi connectivity index (χ3n) is 2.23. The van der Waals surface area contributed by atoms with E-state index in [1.165, 1.54) is 12.1 Å². The van der Waals surface area contributed by atoms with E-state index in [2.05, 4.69) is 5.32 Å². The molecular weight excluding hydrogens is 244 g/mol. The molecule has 88 valence electrons. The lowest BCUT2D eigenvalue weighted by atomic mass is 10.2. The lowest BCUT2D eigenvalue weighted by molar-refractivity contribution is -0.384. The van der Waals surface area contributed by atoms with Crippen LogP contribution in [0.1, 0.15) is 5.56 Å². The fourth-order valence-corrected chi connectivity index (χ4v) is 1.59. The van der Waals surface area contributed by atoms with E-state index in [1.807, 2.05) is 6.07 Å². The molecule has 0 aliphatic carbocycles. The number of non-ortho nitro benzene ring substituents is 1. The van der Waals surface area contributed by atoms with Gasteiger partial charge in [0.05, 0.1) is 28.2 Å². The molecule has 6 heteroatoms. The van der Waals surface area contributed by atoms with Crippen molar-refractivity contribution in [1.82, 2.24) is 0 Å². The second-order valence-electron chi connectivity index (χ2n) is 3.41. The van der Waals surface area contributed by atoms with Crippen LogP contribution in [0.3, 0.4) is 0 Å². The van der Waals surface area contributed by atoms with Crippen molar-refractivity contribution < 1.29 is 9.34 Å². The molecule has 0 saturated carbocycles. The first kappa shape index (κ1) is 11.5. The minimum atomic E-state index is -0.480. The third kappa shape index (κ3) is 2.76. The van der Waals surface area contributed by atoms with Crippen LogP contribution in [-0.4, -0.2) is 4.92 Å². The van der Waals surface area contributed by atoms with E-state index in [-0.39, 0.29) is 5.69 Å². The maximum atomic E-state index is 10.5. The summed E-state index contributed by atoms with van der Waals surface area (Å²) < 4.78 is 4.92. The molecule has 0 aliphatic rings. The van der Waals surface area contributed by atoms with Crippen molar-refractivity contribution in [2.45, 2.75) is 6.54 Å². The van der Waals surface area contributed by atoms with Gasteiger partial charge in [0.15, 0.2) is 0 Å². The van der Waals surface area contributed by atoms with Crippen LogP contribution in [0.25, 0.3) is 0 Å². The van der Waals surface area contributed by atoms with E-state index >= 15 is 0 Å². The molecule has 2 aromatic rings. The van der Waals surface area contributed by atoms with Gasteiger partial charge in [-0.25, -0.2) is 0 Å². The molecule has 2 rings (SSSR count). The molecule has 17 heavy (non-hydrogen) atoms. The first-order valence-electron chi connectivity index (χ1n) is 4.85. The molecular formula is C11H9ClN2O3. The second kappa shape index (κ2) is 4.88. The molecule has 0 unspecified atom stereocenters. The minimum absolute atomic E-state index is 0.0242. The summed E-state index contributed by atoms with van der Waals surface area (Å²) in [6, 6.07) is 6.13. The van der Waals surface area contributed by atoms with Crippen LogP contribution in [0.2, 0.25) is 5.02 Å². The second-order valence-corrected chi connectivity index (χ2v) is 3.81. The Morgan fingerprint density at radius 3 is 2.82 bits per heavy atom. The molecule has 1 heterocycles. The molecule has 0 bridgehead atoms. The summed E-state index contributed by atoms with van der Waals surface area (Å²) in [4.78, 5) is 10.0. The lowest BCUT2D eigenvalue weighted by Crippen LogP contribution is -1.99. The maximum Gasteiger partial charge on any atom is 0.271 e. The molecule has 0 atom stereocenters. The SMILES string of the molecule is O=[N+]([O-])c1ccc(NCc2ccoc2)c(Cl)c1. The molecule has 0 saturated heterocycles. The van der Waals surface area contributed by atoms with Crippen LogP contribution < -0.4 is 5.32 Å². The standard InChI is InChI=1S/C11H9ClN2O3/c12-10-5-9(14(15)16)1-2-11(10)13-6-8-3-4-17-7-8/h1-5,7,13H,6H2. The third-order valence-corrected chi connectivity index (χ3v) is 2.54. The normalized spacial score (nSPS) is 10.2. The van der Waals surface area contributed by atoms with Crippen molar-refractivity contribution in [1.29, 1.82) is 0 Å². The highest BCUT2D eigenvalue weighted by Gasteiger charge is 2.09. The molecule has 0 spiro atoms. The summed E-state index contributed by atoms with van der Waals surface area (Å²) in [7, 11) is 0. The fourth-order valence-electron chi connectivity index (χ4n) is 1.35. The van der Waals surface area contributed by atoms with Gasteiger partial charge in [-0.3, -0.25) is 10.1 Å². The predicted molar refractivity (Wildman–Crippen MR) is 64.1 cm³/mol. The van der Waals surface area contributed by atoms with Crippen LogP contribution in [0, 0.1) is 10.1 Å². The summed E-state index contributed by atoms with van der Waals surface area (Å²) in [6.07, 6.45) is 3.20. The number of nitrogens with one attached hydrogen (secondary N) is 1. The Morgan fingerprint density at radius 1 is 1.41 bits per heavy atom. The van der Waals surface area contributed by atoms with Crippen LogP contribution in [0.15, 0.2) is 41.2 Å². The minimum Gasteiger partial charge on any atom is -0.472 e. The zero-order valence-electron chi connectivity index (χ0n) is 8.72. The fraction of sp³-hybridized carbons (Fsp3) is 0.0909. The van der Waals surface area contributed by atoms with Gasteiger partial charge in [-0.15, -0.1) is 0 Å². The number of furan rings is 1. The van der Waals surface area contributed by atoms with Gasteiger partial charge in [-0.1, -0.05) is 11.6 Å². The number of nitro benzene ring substituents is 1. The molecule has 0 amide bonds. The highest BCUT2D eigenvalue weighted by Crippen LogP contribution is 2.26. The lowest BCUT2D eigenvalue weighted by Gasteiger charge is -2.06. The molecule has 1 aromatic heterocycles. The summed E-state index contributed by atoms with van der Waals surface area (Å²) in [6.45, 7) is 0.550. The number of hydrogen-bond donors (Lipinski definition) is 1. The molecule has 1 N–H and O–H groups in total. The van der Waals surface area contributed by atoms with Crippen LogP contribution in [0.4, 0.5) is 11.4 Å². The largest absolute Gasteiger partial charge is 0.472 e. The van der Waals surface area contributed by atoms with Crippen LogP contribution in [-0.2, 0) is 6.54 Å². The van der Waals surface area contributed by atoms with Gasteiger partial charge in [0.2, 0.25) is 0 Å².